The molecule has 0 aliphatic carbocycles. The first-order valence-electron chi connectivity index (χ1n) is 8.34. The molecular weight excluding hydrogens is 329 g/mol. The van der Waals surface area contributed by atoms with Crippen LogP contribution < -0.4 is 15.5 Å². The Morgan fingerprint density at radius 1 is 1.20 bits per heavy atom. The number of hydrogen-bond donors (Lipinski definition) is 2. The number of anilines is 1. The fraction of sp³-hybridized carbons (Fsp3) is 0.500. The Morgan fingerprint density at radius 3 is 2.68 bits per heavy atom. The van der Waals surface area contributed by atoms with Gasteiger partial charge in [0, 0.05) is 44.7 Å². The SMILES string of the molecule is O=C1CCC(N2Cc3cc(F)c(N4CCNCC4)nc3C2=O)C(=O)N1. The highest BCUT2D eigenvalue weighted by atomic mass is 19.1. The molecule has 0 bridgehead atoms. The Balaban J connectivity index is 1.61. The van der Waals surface area contributed by atoms with Crippen molar-refractivity contribution in [2.45, 2.75) is 25.4 Å². The van der Waals surface area contributed by atoms with E-state index in [2.05, 4.69) is 15.6 Å². The number of imide groups is 1. The van der Waals surface area contributed by atoms with E-state index >= 15 is 0 Å². The number of nitrogens with one attached hydrogen (secondary N) is 2. The molecule has 1 atom stereocenters. The predicted molar refractivity (Wildman–Crippen MR) is 85.3 cm³/mol. The second-order valence-corrected chi connectivity index (χ2v) is 6.44. The van der Waals surface area contributed by atoms with Gasteiger partial charge in [-0.3, -0.25) is 19.7 Å². The third kappa shape index (κ3) is 2.74. The fourth-order valence-corrected chi connectivity index (χ4v) is 3.54. The average molecular weight is 347 g/mol. The van der Waals surface area contributed by atoms with E-state index in [-0.39, 0.29) is 42.7 Å². The van der Waals surface area contributed by atoms with Crippen molar-refractivity contribution < 1.29 is 18.8 Å². The van der Waals surface area contributed by atoms with Crippen molar-refractivity contribution in [3.05, 3.63) is 23.1 Å². The van der Waals surface area contributed by atoms with E-state index in [1.807, 2.05) is 4.90 Å². The molecule has 2 N–H and O–H groups in total. The van der Waals surface area contributed by atoms with Gasteiger partial charge in [-0.15, -0.1) is 0 Å². The van der Waals surface area contributed by atoms with Crippen molar-refractivity contribution in [3.63, 3.8) is 0 Å². The van der Waals surface area contributed by atoms with Gasteiger partial charge in [0.15, 0.2) is 11.6 Å². The van der Waals surface area contributed by atoms with E-state index in [4.69, 9.17) is 0 Å². The number of rotatable bonds is 2. The van der Waals surface area contributed by atoms with Crippen LogP contribution >= 0.6 is 0 Å². The number of halogens is 1. The van der Waals surface area contributed by atoms with Gasteiger partial charge in [-0.05, 0) is 12.5 Å². The monoisotopic (exact) mass is 347 g/mol. The van der Waals surface area contributed by atoms with Crippen molar-refractivity contribution >= 4 is 23.5 Å². The number of hydrogen-bond acceptors (Lipinski definition) is 6. The lowest BCUT2D eigenvalue weighted by Gasteiger charge is -2.29. The van der Waals surface area contributed by atoms with Crippen LogP contribution in [0.5, 0.6) is 0 Å². The smallest absolute Gasteiger partial charge is 0.273 e. The van der Waals surface area contributed by atoms with E-state index in [0.29, 0.717) is 18.7 Å². The van der Waals surface area contributed by atoms with Crippen molar-refractivity contribution in [1.29, 1.82) is 0 Å². The third-order valence-corrected chi connectivity index (χ3v) is 4.84. The minimum Gasteiger partial charge on any atom is -0.352 e. The zero-order valence-electron chi connectivity index (χ0n) is 13.5. The molecule has 0 spiro atoms. The van der Waals surface area contributed by atoms with Gasteiger partial charge in [0.05, 0.1) is 0 Å². The van der Waals surface area contributed by atoms with Gasteiger partial charge in [0.2, 0.25) is 11.8 Å². The van der Waals surface area contributed by atoms with Crippen molar-refractivity contribution in [2.24, 2.45) is 0 Å². The summed E-state index contributed by atoms with van der Waals surface area (Å²) in [4.78, 5) is 43.5. The number of piperidine rings is 1. The van der Waals surface area contributed by atoms with Crippen LogP contribution in [0.1, 0.15) is 28.9 Å². The molecule has 8 nitrogen and oxygen atoms in total. The highest BCUT2D eigenvalue weighted by Gasteiger charge is 2.40. The summed E-state index contributed by atoms with van der Waals surface area (Å²) in [6, 6.07) is 0.619. The van der Waals surface area contributed by atoms with Crippen molar-refractivity contribution in [1.82, 2.24) is 20.5 Å². The maximum atomic E-state index is 14.5. The van der Waals surface area contributed by atoms with E-state index in [1.165, 1.54) is 11.0 Å². The van der Waals surface area contributed by atoms with E-state index < -0.39 is 17.8 Å². The number of carbonyl (C=O) groups is 3. The lowest BCUT2D eigenvalue weighted by Crippen LogP contribution is -2.52. The summed E-state index contributed by atoms with van der Waals surface area (Å²) in [7, 11) is 0. The Bertz CT molecular complexity index is 762. The average Bonchev–Trinajstić information content (AvgIpc) is 2.91. The zero-order valence-corrected chi connectivity index (χ0v) is 13.5. The second kappa shape index (κ2) is 6.07. The van der Waals surface area contributed by atoms with E-state index in [0.717, 1.165) is 13.1 Å². The number of carbonyl (C=O) groups excluding carboxylic acids is 3. The predicted octanol–water partition coefficient (Wildman–Crippen LogP) is -0.609. The van der Waals surface area contributed by atoms with Crippen molar-refractivity contribution in [3.8, 4) is 0 Å². The molecule has 2 saturated heterocycles. The molecule has 1 aromatic rings. The molecule has 1 aromatic heterocycles. The first-order valence-corrected chi connectivity index (χ1v) is 8.34. The lowest BCUT2D eigenvalue weighted by atomic mass is 10.0. The minimum atomic E-state index is -0.718. The molecular formula is C16H18FN5O3. The molecule has 3 aliphatic rings. The quantitative estimate of drug-likeness (QED) is 0.693. The van der Waals surface area contributed by atoms with E-state index in [1.54, 1.807) is 0 Å². The van der Waals surface area contributed by atoms with Gasteiger partial charge in [-0.2, -0.15) is 0 Å². The molecule has 2 fully saturated rings. The summed E-state index contributed by atoms with van der Waals surface area (Å²) in [5.41, 5.74) is 0.672. The molecule has 0 saturated carbocycles. The van der Waals surface area contributed by atoms with Gasteiger partial charge in [-0.1, -0.05) is 0 Å². The zero-order chi connectivity index (χ0) is 17.6. The van der Waals surface area contributed by atoms with Crippen LogP contribution in [0.25, 0.3) is 0 Å². The number of amides is 3. The summed E-state index contributed by atoms with van der Waals surface area (Å²) >= 11 is 0. The summed E-state index contributed by atoms with van der Waals surface area (Å²) in [5.74, 6) is -1.49. The lowest BCUT2D eigenvalue weighted by molar-refractivity contribution is -0.136. The summed E-state index contributed by atoms with van der Waals surface area (Å²) in [6.07, 6.45) is 0.460. The molecule has 25 heavy (non-hydrogen) atoms. The Labute approximate surface area is 143 Å². The summed E-state index contributed by atoms with van der Waals surface area (Å²) in [5, 5.41) is 5.43. The first kappa shape index (κ1) is 15.9. The molecule has 1 unspecified atom stereocenters. The largest absolute Gasteiger partial charge is 0.352 e. The molecule has 4 heterocycles. The molecule has 0 radical (unpaired) electrons. The standard InChI is InChI=1S/C16H18FN5O3/c17-10-7-9-8-22(11-1-2-12(23)19-15(11)24)16(25)13(9)20-14(10)21-5-3-18-4-6-21/h7,11,18H,1-6,8H2,(H,19,23,24). The van der Waals surface area contributed by atoms with Gasteiger partial charge in [0.25, 0.3) is 5.91 Å². The first-order chi connectivity index (χ1) is 12.0. The van der Waals surface area contributed by atoms with Crippen LogP contribution in [-0.2, 0) is 16.1 Å². The van der Waals surface area contributed by atoms with Crippen LogP contribution in [0.4, 0.5) is 10.2 Å². The van der Waals surface area contributed by atoms with Gasteiger partial charge >= 0.3 is 0 Å². The van der Waals surface area contributed by atoms with Gasteiger partial charge in [0.1, 0.15) is 11.7 Å². The van der Waals surface area contributed by atoms with Crippen LogP contribution in [0.15, 0.2) is 6.07 Å². The number of pyridine rings is 1. The Morgan fingerprint density at radius 2 is 1.96 bits per heavy atom. The highest BCUT2D eigenvalue weighted by Crippen LogP contribution is 2.30. The van der Waals surface area contributed by atoms with Crippen LogP contribution in [0.3, 0.4) is 0 Å². The second-order valence-electron chi connectivity index (χ2n) is 6.44. The molecule has 132 valence electrons. The highest BCUT2D eigenvalue weighted by molar-refractivity contribution is 6.04. The van der Waals surface area contributed by atoms with Crippen LogP contribution in [0, 0.1) is 5.82 Å². The topological polar surface area (TPSA) is 94.6 Å². The summed E-state index contributed by atoms with van der Waals surface area (Å²) < 4.78 is 14.5. The molecule has 9 heteroatoms. The fourth-order valence-electron chi connectivity index (χ4n) is 3.54. The Kier molecular flexibility index (Phi) is 3.87. The van der Waals surface area contributed by atoms with E-state index in [9.17, 15) is 18.8 Å². The molecule has 0 aromatic carbocycles. The normalized spacial score (nSPS) is 23.7. The molecule has 4 rings (SSSR count). The van der Waals surface area contributed by atoms with Crippen LogP contribution in [0.2, 0.25) is 0 Å². The number of nitrogens with zero attached hydrogens (tertiary/aromatic N) is 3. The van der Waals surface area contributed by atoms with Gasteiger partial charge < -0.3 is 15.1 Å². The van der Waals surface area contributed by atoms with Gasteiger partial charge in [-0.25, -0.2) is 9.37 Å². The maximum absolute atomic E-state index is 14.5. The Hall–Kier alpha value is -2.55. The maximum Gasteiger partial charge on any atom is 0.273 e. The summed E-state index contributed by atoms with van der Waals surface area (Å²) in [6.45, 7) is 2.83. The molecule has 3 aliphatic heterocycles. The number of piperazine rings is 1. The van der Waals surface area contributed by atoms with Crippen molar-refractivity contribution in [2.75, 3.05) is 31.1 Å². The molecule has 3 amide bonds. The minimum absolute atomic E-state index is 0.131. The number of aromatic nitrogens is 1. The third-order valence-electron chi connectivity index (χ3n) is 4.84. The van der Waals surface area contributed by atoms with Crippen LogP contribution in [-0.4, -0.2) is 59.8 Å². The number of fused-ring (bicyclic) bond motifs is 1.